The highest BCUT2D eigenvalue weighted by Gasteiger charge is 2.01. The van der Waals surface area contributed by atoms with Gasteiger partial charge in [-0.15, -0.1) is 0 Å². The van der Waals surface area contributed by atoms with Crippen LogP contribution in [0.1, 0.15) is 19.3 Å². The summed E-state index contributed by atoms with van der Waals surface area (Å²) < 4.78 is 0. The van der Waals surface area contributed by atoms with E-state index in [-0.39, 0.29) is 6.04 Å². The van der Waals surface area contributed by atoms with Crippen molar-refractivity contribution >= 4 is 6.29 Å². The number of nitrogens with one attached hydrogen (secondary N) is 1. The Balaban J connectivity index is 3.17. The van der Waals surface area contributed by atoms with Gasteiger partial charge in [0.25, 0.3) is 0 Å². The lowest BCUT2D eigenvalue weighted by Crippen LogP contribution is -2.36. The van der Waals surface area contributed by atoms with Crippen molar-refractivity contribution in [2.75, 3.05) is 6.54 Å². The average molecular weight is 145 g/mol. The molecule has 4 heteroatoms. The highest BCUT2D eigenvalue weighted by molar-refractivity contribution is 5.57. The molecule has 0 fully saturated rings. The number of carbonyl (C=O) groups excluding carboxylic acids is 1. The zero-order valence-electron chi connectivity index (χ0n) is 6.05. The Morgan fingerprint density at radius 3 is 2.60 bits per heavy atom. The largest absolute Gasteiger partial charge is 0.330 e. The van der Waals surface area contributed by atoms with Crippen molar-refractivity contribution < 1.29 is 4.79 Å². The zero-order valence-corrected chi connectivity index (χ0v) is 6.05. The molecule has 0 aliphatic heterocycles. The van der Waals surface area contributed by atoms with Crippen LogP contribution in [0.3, 0.4) is 0 Å². The molecule has 0 amide bonds. The summed E-state index contributed by atoms with van der Waals surface area (Å²) in [6.45, 7) is 0.677. The molecule has 0 aliphatic rings. The van der Waals surface area contributed by atoms with Crippen molar-refractivity contribution in [3.05, 3.63) is 0 Å². The number of hydrogen-bond donors (Lipinski definition) is 3. The van der Waals surface area contributed by atoms with Crippen LogP contribution in [0.15, 0.2) is 0 Å². The summed E-state index contributed by atoms with van der Waals surface area (Å²) in [5.41, 5.74) is 7.66. The summed E-state index contributed by atoms with van der Waals surface area (Å²) >= 11 is 0. The van der Waals surface area contributed by atoms with E-state index in [0.29, 0.717) is 6.54 Å². The third kappa shape index (κ3) is 4.43. The summed E-state index contributed by atoms with van der Waals surface area (Å²) in [4.78, 5) is 10.2. The molecule has 0 aromatic rings. The number of hydrazine groups is 1. The van der Waals surface area contributed by atoms with E-state index >= 15 is 0 Å². The molecular weight excluding hydrogens is 130 g/mol. The first kappa shape index (κ1) is 9.55. The maximum absolute atomic E-state index is 10.2. The van der Waals surface area contributed by atoms with Crippen LogP contribution in [0.5, 0.6) is 0 Å². The molecule has 60 valence electrons. The van der Waals surface area contributed by atoms with Crippen LogP contribution >= 0.6 is 0 Å². The lowest BCUT2D eigenvalue weighted by molar-refractivity contribution is -0.109. The Morgan fingerprint density at radius 1 is 1.50 bits per heavy atom. The van der Waals surface area contributed by atoms with Crippen LogP contribution in [0.2, 0.25) is 0 Å². The van der Waals surface area contributed by atoms with Crippen molar-refractivity contribution in [1.29, 1.82) is 0 Å². The molecule has 10 heavy (non-hydrogen) atoms. The zero-order chi connectivity index (χ0) is 7.82. The van der Waals surface area contributed by atoms with E-state index in [2.05, 4.69) is 5.43 Å². The van der Waals surface area contributed by atoms with E-state index in [1.807, 2.05) is 0 Å². The summed E-state index contributed by atoms with van der Waals surface area (Å²) in [5.74, 6) is 5.05. The minimum absolute atomic E-state index is 0.202. The van der Waals surface area contributed by atoms with Gasteiger partial charge >= 0.3 is 0 Å². The second-order valence-electron chi connectivity index (χ2n) is 2.19. The fourth-order valence-electron chi connectivity index (χ4n) is 0.699. The van der Waals surface area contributed by atoms with Crippen molar-refractivity contribution in [3.8, 4) is 0 Å². The Labute approximate surface area is 60.9 Å². The number of aldehydes is 1. The molecular formula is C6H15N3O. The summed E-state index contributed by atoms with van der Waals surface area (Å²) in [6.07, 6.45) is 3.49. The van der Waals surface area contributed by atoms with Crippen LogP contribution in [0.25, 0.3) is 0 Å². The molecule has 0 heterocycles. The lowest BCUT2D eigenvalue weighted by atomic mass is 10.1. The third-order valence-corrected chi connectivity index (χ3v) is 1.35. The van der Waals surface area contributed by atoms with Gasteiger partial charge in [-0.05, 0) is 19.4 Å². The Bertz CT molecular complexity index is 87.1. The molecule has 0 bridgehead atoms. The predicted molar refractivity (Wildman–Crippen MR) is 40.1 cm³/mol. The molecule has 0 rings (SSSR count). The second-order valence-corrected chi connectivity index (χ2v) is 2.19. The van der Waals surface area contributed by atoms with Crippen LogP contribution in [0.4, 0.5) is 0 Å². The lowest BCUT2D eigenvalue weighted by Gasteiger charge is -2.06. The fraction of sp³-hybridized carbons (Fsp3) is 0.833. The highest BCUT2D eigenvalue weighted by atomic mass is 16.1. The van der Waals surface area contributed by atoms with Gasteiger partial charge in [0, 0.05) is 0 Å². The molecule has 0 aromatic carbocycles. The van der Waals surface area contributed by atoms with Gasteiger partial charge in [0.1, 0.15) is 6.29 Å². The van der Waals surface area contributed by atoms with E-state index in [4.69, 9.17) is 11.6 Å². The van der Waals surface area contributed by atoms with Gasteiger partial charge in [-0.25, -0.2) is 0 Å². The first-order valence-electron chi connectivity index (χ1n) is 3.46. The first-order valence-corrected chi connectivity index (χ1v) is 3.46. The van der Waals surface area contributed by atoms with Crippen LogP contribution in [0, 0.1) is 0 Å². The second kappa shape index (κ2) is 6.67. The smallest absolute Gasteiger partial charge is 0.138 e. The van der Waals surface area contributed by atoms with E-state index in [0.717, 1.165) is 25.5 Å². The van der Waals surface area contributed by atoms with Crippen molar-refractivity contribution in [2.45, 2.75) is 25.3 Å². The number of carbonyl (C=O) groups is 1. The molecule has 0 spiro atoms. The van der Waals surface area contributed by atoms with Crippen LogP contribution in [-0.2, 0) is 4.79 Å². The minimum atomic E-state index is -0.202. The van der Waals surface area contributed by atoms with Gasteiger partial charge in [0.15, 0.2) is 0 Å². The van der Waals surface area contributed by atoms with Gasteiger partial charge in [-0.2, -0.15) is 0 Å². The number of unbranched alkanes of at least 4 members (excludes halogenated alkanes) is 1. The van der Waals surface area contributed by atoms with Gasteiger partial charge in [-0.3, -0.25) is 11.3 Å². The van der Waals surface area contributed by atoms with Crippen molar-refractivity contribution in [2.24, 2.45) is 11.6 Å². The van der Waals surface area contributed by atoms with Gasteiger partial charge < -0.3 is 10.5 Å². The molecule has 0 radical (unpaired) electrons. The molecule has 0 aliphatic carbocycles. The molecule has 4 nitrogen and oxygen atoms in total. The monoisotopic (exact) mass is 145 g/mol. The van der Waals surface area contributed by atoms with E-state index in [1.54, 1.807) is 0 Å². The molecule has 0 saturated heterocycles. The minimum Gasteiger partial charge on any atom is -0.330 e. The maximum atomic E-state index is 10.2. The molecule has 0 saturated carbocycles. The summed E-state index contributed by atoms with van der Waals surface area (Å²) in [5, 5.41) is 0. The van der Waals surface area contributed by atoms with Gasteiger partial charge in [0.2, 0.25) is 0 Å². The van der Waals surface area contributed by atoms with Crippen molar-refractivity contribution in [3.63, 3.8) is 0 Å². The first-order chi connectivity index (χ1) is 4.85. The molecule has 0 unspecified atom stereocenters. The summed E-state index contributed by atoms with van der Waals surface area (Å²) in [6, 6.07) is -0.202. The Morgan fingerprint density at radius 2 is 2.20 bits per heavy atom. The fourth-order valence-corrected chi connectivity index (χ4v) is 0.699. The Kier molecular flexibility index (Phi) is 6.37. The van der Waals surface area contributed by atoms with E-state index in [9.17, 15) is 4.79 Å². The van der Waals surface area contributed by atoms with Crippen LogP contribution in [-0.4, -0.2) is 18.9 Å². The number of nitrogens with two attached hydrogens (primary N) is 2. The van der Waals surface area contributed by atoms with Gasteiger partial charge in [0.05, 0.1) is 6.04 Å². The molecule has 1 atom stereocenters. The van der Waals surface area contributed by atoms with Crippen molar-refractivity contribution in [1.82, 2.24) is 5.43 Å². The maximum Gasteiger partial charge on any atom is 0.138 e. The molecule has 5 N–H and O–H groups in total. The quantitative estimate of drug-likeness (QED) is 0.197. The van der Waals surface area contributed by atoms with E-state index < -0.39 is 0 Å². The highest BCUT2D eigenvalue weighted by Crippen LogP contribution is 1.95. The predicted octanol–water partition coefficient (Wildman–Crippen LogP) is -0.854. The summed E-state index contributed by atoms with van der Waals surface area (Å²) in [7, 11) is 0. The SMILES string of the molecule is NCCCC[C@H](C=O)NN. The standard InChI is InChI=1S/C6H15N3O/c7-4-2-1-3-6(5-10)9-8/h5-6,9H,1-4,7-8H2/t6-/m1/s1. The Hall–Kier alpha value is -0.450. The average Bonchev–Trinajstić information content (AvgIpc) is 1.99. The topological polar surface area (TPSA) is 81.1 Å². The van der Waals surface area contributed by atoms with E-state index in [1.165, 1.54) is 0 Å². The number of rotatable bonds is 6. The van der Waals surface area contributed by atoms with Gasteiger partial charge in [-0.1, -0.05) is 6.42 Å². The molecule has 0 aromatic heterocycles. The normalized spacial score (nSPS) is 13.0. The third-order valence-electron chi connectivity index (χ3n) is 1.35. The van der Waals surface area contributed by atoms with Crippen LogP contribution < -0.4 is 17.0 Å². The number of hydrogen-bond acceptors (Lipinski definition) is 4.